The van der Waals surface area contributed by atoms with E-state index in [2.05, 4.69) is 27.8 Å². The van der Waals surface area contributed by atoms with Gasteiger partial charge in [0.15, 0.2) is 0 Å². The van der Waals surface area contributed by atoms with E-state index >= 15 is 0 Å². The van der Waals surface area contributed by atoms with Crippen LogP contribution in [-0.2, 0) is 0 Å². The number of ether oxygens (including phenoxy) is 1. The second kappa shape index (κ2) is 11.6. The van der Waals surface area contributed by atoms with Gasteiger partial charge in [-0.15, -0.1) is 0 Å². The number of nitrogens with one attached hydrogen (secondary N) is 3. The Morgan fingerprint density at radius 2 is 1.56 bits per heavy atom. The molecule has 7 heteroatoms. The summed E-state index contributed by atoms with van der Waals surface area (Å²) < 4.78 is 5.16. The van der Waals surface area contributed by atoms with E-state index in [-0.39, 0.29) is 18.0 Å². The van der Waals surface area contributed by atoms with Crippen LogP contribution in [0.1, 0.15) is 48.7 Å². The molecule has 1 aliphatic heterocycles. The van der Waals surface area contributed by atoms with Gasteiger partial charge in [-0.1, -0.05) is 37.3 Å². The number of piperidine rings is 1. The van der Waals surface area contributed by atoms with Crippen molar-refractivity contribution in [3.05, 3.63) is 83.9 Å². The molecule has 1 atom stereocenters. The third kappa shape index (κ3) is 6.36. The normalized spacial score (nSPS) is 14.6. The predicted molar refractivity (Wildman–Crippen MR) is 145 cm³/mol. The van der Waals surface area contributed by atoms with Gasteiger partial charge in [-0.2, -0.15) is 0 Å². The second-order valence-corrected chi connectivity index (χ2v) is 9.31. The summed E-state index contributed by atoms with van der Waals surface area (Å²) in [7, 11) is 1.59. The first kappa shape index (κ1) is 25.1. The van der Waals surface area contributed by atoms with Gasteiger partial charge >= 0.3 is 6.03 Å². The lowest BCUT2D eigenvalue weighted by molar-refractivity contribution is 0.0940. The molecule has 3 aromatic carbocycles. The fraction of sp³-hybridized carbons (Fsp3) is 0.310. The van der Waals surface area contributed by atoms with Gasteiger partial charge < -0.3 is 25.6 Å². The summed E-state index contributed by atoms with van der Waals surface area (Å²) in [6.07, 6.45) is 2.18. The molecule has 0 spiro atoms. The van der Waals surface area contributed by atoms with Gasteiger partial charge in [0.1, 0.15) is 5.75 Å². The number of methoxy groups -OCH3 is 1. The Kier molecular flexibility index (Phi) is 8.10. The second-order valence-electron chi connectivity index (χ2n) is 9.31. The van der Waals surface area contributed by atoms with Crippen molar-refractivity contribution in [1.29, 1.82) is 0 Å². The topological polar surface area (TPSA) is 82.7 Å². The molecule has 36 heavy (non-hydrogen) atoms. The third-order valence-electron chi connectivity index (χ3n) is 6.62. The molecule has 1 unspecified atom stereocenters. The van der Waals surface area contributed by atoms with Gasteiger partial charge in [0.2, 0.25) is 0 Å². The molecule has 0 aliphatic carbocycles. The summed E-state index contributed by atoms with van der Waals surface area (Å²) in [6.45, 7) is 6.04. The molecule has 0 radical (unpaired) electrons. The van der Waals surface area contributed by atoms with Crippen LogP contribution in [0.2, 0.25) is 0 Å². The summed E-state index contributed by atoms with van der Waals surface area (Å²) in [5.41, 5.74) is 3.66. The van der Waals surface area contributed by atoms with Crippen LogP contribution in [0.15, 0.2) is 72.8 Å². The fourth-order valence-corrected chi connectivity index (χ4v) is 4.39. The molecule has 0 bridgehead atoms. The average Bonchev–Trinajstić information content (AvgIpc) is 2.90. The minimum atomic E-state index is -0.385. The largest absolute Gasteiger partial charge is 0.497 e. The number of urea groups is 1. The number of hydrogen-bond acceptors (Lipinski definition) is 4. The Morgan fingerprint density at radius 1 is 0.917 bits per heavy atom. The van der Waals surface area contributed by atoms with Crippen LogP contribution in [0.25, 0.3) is 0 Å². The molecule has 0 aromatic heterocycles. The van der Waals surface area contributed by atoms with Crippen molar-refractivity contribution >= 4 is 29.0 Å². The van der Waals surface area contributed by atoms with E-state index in [1.54, 1.807) is 37.4 Å². The SMILES string of the molecule is COc1ccc(NC(=O)Nc2ccc(N3CCC(C)CC3)c(C(=O)NC(C)c3ccccc3)c2)cc1. The van der Waals surface area contributed by atoms with Crippen LogP contribution >= 0.6 is 0 Å². The molecule has 1 saturated heterocycles. The summed E-state index contributed by atoms with van der Waals surface area (Å²) >= 11 is 0. The van der Waals surface area contributed by atoms with Crippen LogP contribution in [0.5, 0.6) is 5.75 Å². The van der Waals surface area contributed by atoms with Crippen LogP contribution in [0, 0.1) is 5.92 Å². The predicted octanol–water partition coefficient (Wildman–Crippen LogP) is 6.07. The van der Waals surface area contributed by atoms with Gasteiger partial charge in [0.25, 0.3) is 5.91 Å². The molecule has 0 saturated carbocycles. The molecule has 3 aromatic rings. The summed E-state index contributed by atoms with van der Waals surface area (Å²) in [5.74, 6) is 1.22. The van der Waals surface area contributed by atoms with E-state index < -0.39 is 0 Å². The fourth-order valence-electron chi connectivity index (χ4n) is 4.39. The third-order valence-corrected chi connectivity index (χ3v) is 6.62. The van der Waals surface area contributed by atoms with Crippen LogP contribution in [0.3, 0.4) is 0 Å². The maximum atomic E-state index is 13.5. The van der Waals surface area contributed by atoms with Gasteiger partial charge in [0, 0.05) is 30.2 Å². The Balaban J connectivity index is 1.53. The number of anilines is 3. The summed E-state index contributed by atoms with van der Waals surface area (Å²) in [4.78, 5) is 28.4. The highest BCUT2D eigenvalue weighted by molar-refractivity contribution is 6.04. The van der Waals surface area contributed by atoms with Crippen molar-refractivity contribution in [2.45, 2.75) is 32.7 Å². The zero-order chi connectivity index (χ0) is 25.5. The zero-order valence-electron chi connectivity index (χ0n) is 21.1. The smallest absolute Gasteiger partial charge is 0.323 e. The Bertz CT molecular complexity index is 1170. The van der Waals surface area contributed by atoms with Crippen molar-refractivity contribution in [2.24, 2.45) is 5.92 Å². The van der Waals surface area contributed by atoms with Crippen LogP contribution in [0.4, 0.5) is 21.9 Å². The first-order chi connectivity index (χ1) is 17.4. The van der Waals surface area contributed by atoms with Crippen molar-refractivity contribution in [3.8, 4) is 5.75 Å². The summed E-state index contributed by atoms with van der Waals surface area (Å²) in [6, 6.07) is 22.0. The zero-order valence-corrected chi connectivity index (χ0v) is 21.1. The molecule has 1 heterocycles. The van der Waals surface area contributed by atoms with Crippen molar-refractivity contribution in [3.63, 3.8) is 0 Å². The van der Waals surface area contributed by atoms with Crippen molar-refractivity contribution in [2.75, 3.05) is 35.7 Å². The monoisotopic (exact) mass is 486 g/mol. The van der Waals surface area contributed by atoms with E-state index in [4.69, 9.17) is 4.74 Å². The number of benzene rings is 3. The average molecular weight is 487 g/mol. The molecule has 3 amide bonds. The van der Waals surface area contributed by atoms with E-state index in [9.17, 15) is 9.59 Å². The van der Waals surface area contributed by atoms with Crippen molar-refractivity contribution < 1.29 is 14.3 Å². The molecular weight excluding hydrogens is 452 g/mol. The van der Waals surface area contributed by atoms with Gasteiger partial charge in [-0.05, 0) is 73.7 Å². The highest BCUT2D eigenvalue weighted by Gasteiger charge is 2.23. The molecule has 7 nitrogen and oxygen atoms in total. The molecule has 3 N–H and O–H groups in total. The number of hydrogen-bond donors (Lipinski definition) is 3. The first-order valence-corrected chi connectivity index (χ1v) is 12.4. The molecule has 1 aliphatic rings. The lowest BCUT2D eigenvalue weighted by Crippen LogP contribution is -2.35. The van der Waals surface area contributed by atoms with Crippen LogP contribution in [-0.4, -0.2) is 32.1 Å². The highest BCUT2D eigenvalue weighted by Crippen LogP contribution is 2.29. The number of carbonyl (C=O) groups excluding carboxylic acids is 2. The number of rotatable bonds is 7. The van der Waals surface area contributed by atoms with E-state index in [1.807, 2.05) is 49.4 Å². The van der Waals surface area contributed by atoms with E-state index in [0.29, 0.717) is 28.6 Å². The molecular formula is C29H34N4O3. The number of nitrogens with zero attached hydrogens (tertiary/aromatic N) is 1. The maximum Gasteiger partial charge on any atom is 0.323 e. The van der Waals surface area contributed by atoms with E-state index in [1.165, 1.54) is 0 Å². The van der Waals surface area contributed by atoms with Crippen LogP contribution < -0.4 is 25.6 Å². The molecule has 1 fully saturated rings. The minimum absolute atomic E-state index is 0.150. The van der Waals surface area contributed by atoms with Gasteiger partial charge in [0.05, 0.1) is 18.7 Å². The molecule has 188 valence electrons. The highest BCUT2D eigenvalue weighted by atomic mass is 16.5. The van der Waals surface area contributed by atoms with Crippen molar-refractivity contribution in [1.82, 2.24) is 5.32 Å². The standard InChI is InChI=1S/C29H34N4O3/c1-20-15-17-33(18-16-20)27-14-11-24(32-29(35)31-23-9-12-25(36-3)13-10-23)19-26(27)28(34)30-21(2)22-7-5-4-6-8-22/h4-14,19-21H,15-18H2,1-3H3,(H,30,34)(H2,31,32,35). The lowest BCUT2D eigenvalue weighted by Gasteiger charge is -2.33. The quantitative estimate of drug-likeness (QED) is 0.379. The first-order valence-electron chi connectivity index (χ1n) is 12.4. The lowest BCUT2D eigenvalue weighted by atomic mass is 9.97. The number of carbonyl (C=O) groups is 2. The minimum Gasteiger partial charge on any atom is -0.497 e. The van der Waals surface area contributed by atoms with Gasteiger partial charge in [-0.25, -0.2) is 4.79 Å². The summed E-state index contributed by atoms with van der Waals surface area (Å²) in [5, 5.41) is 8.79. The maximum absolute atomic E-state index is 13.5. The number of amides is 3. The Labute approximate surface area is 212 Å². The Morgan fingerprint density at radius 3 is 2.22 bits per heavy atom. The van der Waals surface area contributed by atoms with E-state index in [0.717, 1.165) is 37.2 Å². The van der Waals surface area contributed by atoms with Gasteiger partial charge in [-0.3, -0.25) is 4.79 Å². The Hall–Kier alpha value is -4.00. The molecule has 4 rings (SSSR count).